The van der Waals surface area contributed by atoms with Crippen LogP contribution in [0.5, 0.6) is 5.75 Å². The first-order valence-electron chi connectivity index (χ1n) is 5.53. The number of ether oxygens (including phenoxy) is 1. The van der Waals surface area contributed by atoms with E-state index in [1.807, 2.05) is 18.2 Å². The molecule has 1 fully saturated rings. The Balaban J connectivity index is 1.83. The summed E-state index contributed by atoms with van der Waals surface area (Å²) in [4.78, 5) is 0. The van der Waals surface area contributed by atoms with Gasteiger partial charge in [-0.15, -0.1) is 0 Å². The number of rotatable bonds is 5. The van der Waals surface area contributed by atoms with Gasteiger partial charge in [-0.3, -0.25) is 0 Å². The second-order valence-electron chi connectivity index (χ2n) is 4.11. The van der Waals surface area contributed by atoms with Crippen molar-refractivity contribution in [2.45, 2.75) is 6.54 Å². The average molecular weight is 241 g/mol. The molecule has 0 radical (unpaired) electrons. The van der Waals surface area contributed by atoms with Gasteiger partial charge < -0.3 is 15.4 Å². The van der Waals surface area contributed by atoms with Crippen LogP contribution >= 0.6 is 11.6 Å². The van der Waals surface area contributed by atoms with Gasteiger partial charge in [0.25, 0.3) is 0 Å². The smallest absolute Gasteiger partial charge is 0.120 e. The number of hydrogen-bond acceptors (Lipinski definition) is 3. The quantitative estimate of drug-likeness (QED) is 0.821. The molecule has 1 heterocycles. The van der Waals surface area contributed by atoms with E-state index in [-0.39, 0.29) is 0 Å². The molecule has 0 atom stereocenters. The molecule has 1 aliphatic rings. The molecule has 0 amide bonds. The van der Waals surface area contributed by atoms with Gasteiger partial charge in [0, 0.05) is 31.2 Å². The lowest BCUT2D eigenvalue weighted by molar-refractivity contribution is 0.331. The number of nitrogens with one attached hydrogen (secondary N) is 2. The zero-order valence-corrected chi connectivity index (χ0v) is 10.2. The standard InChI is InChI=1S/C12H17ClN2O/c1-16-11-3-2-10(12(13)4-11)8-15-7-9-5-14-6-9/h2-4,9,14-15H,5-8H2,1H3. The van der Waals surface area contributed by atoms with Crippen molar-refractivity contribution in [1.82, 2.24) is 10.6 Å². The Morgan fingerprint density at radius 2 is 2.31 bits per heavy atom. The summed E-state index contributed by atoms with van der Waals surface area (Å²) in [7, 11) is 1.65. The van der Waals surface area contributed by atoms with Crippen LogP contribution in [-0.2, 0) is 6.54 Å². The lowest BCUT2D eigenvalue weighted by Crippen LogP contribution is -2.47. The Bertz CT molecular complexity index is 353. The first-order valence-corrected chi connectivity index (χ1v) is 5.91. The second kappa shape index (κ2) is 5.53. The molecule has 0 aromatic heterocycles. The van der Waals surface area contributed by atoms with Crippen molar-refractivity contribution in [3.8, 4) is 5.75 Å². The van der Waals surface area contributed by atoms with Crippen molar-refractivity contribution in [2.24, 2.45) is 5.92 Å². The van der Waals surface area contributed by atoms with E-state index < -0.39 is 0 Å². The van der Waals surface area contributed by atoms with E-state index in [1.165, 1.54) is 0 Å². The molecular weight excluding hydrogens is 224 g/mol. The van der Waals surface area contributed by atoms with Crippen LogP contribution in [-0.4, -0.2) is 26.7 Å². The van der Waals surface area contributed by atoms with E-state index in [9.17, 15) is 0 Å². The van der Waals surface area contributed by atoms with Crippen LogP contribution in [0.3, 0.4) is 0 Å². The van der Waals surface area contributed by atoms with Gasteiger partial charge in [0.2, 0.25) is 0 Å². The molecule has 0 bridgehead atoms. The first kappa shape index (κ1) is 11.7. The second-order valence-corrected chi connectivity index (χ2v) is 4.52. The maximum Gasteiger partial charge on any atom is 0.120 e. The van der Waals surface area contributed by atoms with Gasteiger partial charge in [0.1, 0.15) is 5.75 Å². The summed E-state index contributed by atoms with van der Waals surface area (Å²) in [6.45, 7) is 4.13. The molecule has 1 saturated heterocycles. The van der Waals surface area contributed by atoms with Crippen LogP contribution in [0.1, 0.15) is 5.56 Å². The molecule has 2 N–H and O–H groups in total. The molecule has 1 aromatic carbocycles. The molecule has 16 heavy (non-hydrogen) atoms. The van der Waals surface area contributed by atoms with Crippen molar-refractivity contribution >= 4 is 11.6 Å². The van der Waals surface area contributed by atoms with Crippen LogP contribution in [0.4, 0.5) is 0 Å². The third-order valence-electron chi connectivity index (χ3n) is 2.87. The summed E-state index contributed by atoms with van der Waals surface area (Å²) >= 11 is 6.14. The van der Waals surface area contributed by atoms with Crippen LogP contribution in [0.25, 0.3) is 0 Å². The Morgan fingerprint density at radius 1 is 1.50 bits per heavy atom. The molecule has 1 aromatic rings. The lowest BCUT2D eigenvalue weighted by atomic mass is 10.0. The molecule has 0 aliphatic carbocycles. The minimum absolute atomic E-state index is 0.763. The average Bonchev–Trinajstić information content (AvgIpc) is 2.23. The van der Waals surface area contributed by atoms with E-state index in [4.69, 9.17) is 16.3 Å². The summed E-state index contributed by atoms with van der Waals surface area (Å²) in [6.07, 6.45) is 0. The molecule has 0 saturated carbocycles. The highest BCUT2D eigenvalue weighted by Crippen LogP contribution is 2.22. The third-order valence-corrected chi connectivity index (χ3v) is 3.23. The maximum absolute atomic E-state index is 6.14. The fourth-order valence-corrected chi connectivity index (χ4v) is 1.94. The van der Waals surface area contributed by atoms with Crippen LogP contribution in [0.15, 0.2) is 18.2 Å². The predicted octanol–water partition coefficient (Wildman–Crippen LogP) is 1.66. The number of methoxy groups -OCH3 is 1. The topological polar surface area (TPSA) is 33.3 Å². The van der Waals surface area contributed by atoms with Gasteiger partial charge in [-0.05, 0) is 23.6 Å². The van der Waals surface area contributed by atoms with E-state index >= 15 is 0 Å². The molecule has 1 aliphatic heterocycles. The molecule has 3 nitrogen and oxygen atoms in total. The van der Waals surface area contributed by atoms with E-state index in [0.717, 1.165) is 48.4 Å². The van der Waals surface area contributed by atoms with Gasteiger partial charge in [-0.25, -0.2) is 0 Å². The van der Waals surface area contributed by atoms with Gasteiger partial charge in [-0.2, -0.15) is 0 Å². The van der Waals surface area contributed by atoms with Gasteiger partial charge in [-0.1, -0.05) is 17.7 Å². The van der Waals surface area contributed by atoms with Crippen LogP contribution in [0.2, 0.25) is 5.02 Å². The summed E-state index contributed by atoms with van der Waals surface area (Å²) < 4.78 is 5.11. The lowest BCUT2D eigenvalue weighted by Gasteiger charge is -2.27. The Morgan fingerprint density at radius 3 is 2.88 bits per heavy atom. The minimum Gasteiger partial charge on any atom is -0.497 e. The Kier molecular flexibility index (Phi) is 4.04. The minimum atomic E-state index is 0.763. The van der Waals surface area contributed by atoms with Crippen molar-refractivity contribution in [1.29, 1.82) is 0 Å². The number of benzene rings is 1. The largest absolute Gasteiger partial charge is 0.497 e. The van der Waals surface area contributed by atoms with Crippen molar-refractivity contribution in [2.75, 3.05) is 26.7 Å². The summed E-state index contributed by atoms with van der Waals surface area (Å²) in [6, 6.07) is 5.80. The highest BCUT2D eigenvalue weighted by molar-refractivity contribution is 6.31. The summed E-state index contributed by atoms with van der Waals surface area (Å²) in [5.41, 5.74) is 1.12. The fourth-order valence-electron chi connectivity index (χ4n) is 1.70. The van der Waals surface area contributed by atoms with Crippen LogP contribution < -0.4 is 15.4 Å². The molecule has 2 rings (SSSR count). The summed E-state index contributed by atoms with van der Waals surface area (Å²) in [5, 5.41) is 7.43. The summed E-state index contributed by atoms with van der Waals surface area (Å²) in [5.74, 6) is 1.58. The highest BCUT2D eigenvalue weighted by atomic mass is 35.5. The highest BCUT2D eigenvalue weighted by Gasteiger charge is 2.15. The Labute approximate surface area is 101 Å². The predicted molar refractivity (Wildman–Crippen MR) is 66.1 cm³/mol. The van der Waals surface area contributed by atoms with Gasteiger partial charge >= 0.3 is 0 Å². The molecule has 0 unspecified atom stereocenters. The van der Waals surface area contributed by atoms with Gasteiger partial charge in [0.05, 0.1) is 7.11 Å². The van der Waals surface area contributed by atoms with Gasteiger partial charge in [0.15, 0.2) is 0 Å². The first-order chi connectivity index (χ1) is 7.79. The van der Waals surface area contributed by atoms with Crippen molar-refractivity contribution < 1.29 is 4.74 Å². The van der Waals surface area contributed by atoms with Crippen molar-refractivity contribution in [3.63, 3.8) is 0 Å². The zero-order valence-electron chi connectivity index (χ0n) is 9.42. The monoisotopic (exact) mass is 240 g/mol. The molecular formula is C12H17ClN2O. The van der Waals surface area contributed by atoms with E-state index in [2.05, 4.69) is 10.6 Å². The normalized spacial score (nSPS) is 15.9. The maximum atomic E-state index is 6.14. The molecule has 0 spiro atoms. The number of halogens is 1. The number of hydrogen-bond donors (Lipinski definition) is 2. The van der Waals surface area contributed by atoms with E-state index in [0.29, 0.717) is 0 Å². The van der Waals surface area contributed by atoms with E-state index in [1.54, 1.807) is 7.11 Å². The van der Waals surface area contributed by atoms with Crippen molar-refractivity contribution in [3.05, 3.63) is 28.8 Å². The molecule has 88 valence electrons. The third kappa shape index (κ3) is 2.88. The molecule has 4 heteroatoms. The Hall–Kier alpha value is -0.770. The fraction of sp³-hybridized carbons (Fsp3) is 0.500. The zero-order chi connectivity index (χ0) is 11.4. The van der Waals surface area contributed by atoms with Crippen LogP contribution in [0, 0.1) is 5.92 Å². The SMILES string of the molecule is COc1ccc(CNCC2CNC2)c(Cl)c1.